The van der Waals surface area contributed by atoms with Gasteiger partial charge in [-0.05, 0) is 6.42 Å². The third-order valence-corrected chi connectivity index (χ3v) is 2.96. The maximum atomic E-state index is 11.8. The van der Waals surface area contributed by atoms with Crippen LogP contribution in [-0.2, 0) is 9.59 Å². The van der Waals surface area contributed by atoms with Crippen LogP contribution in [0.3, 0.4) is 0 Å². The Bertz CT molecular complexity index is 360. The molecule has 1 aliphatic heterocycles. The molecule has 3 N–H and O–H groups in total. The van der Waals surface area contributed by atoms with Crippen LogP contribution in [0.4, 0.5) is 4.79 Å². The molecule has 0 radical (unpaired) electrons. The number of aliphatic carboxylic acids is 1. The Morgan fingerprint density at radius 2 is 1.74 bits per heavy atom. The van der Waals surface area contributed by atoms with Crippen molar-refractivity contribution in [3.05, 3.63) is 0 Å². The van der Waals surface area contributed by atoms with Crippen molar-refractivity contribution in [1.82, 2.24) is 15.1 Å². The molecule has 0 saturated carbocycles. The number of amides is 3. The first-order chi connectivity index (χ1) is 8.91. The molecule has 108 valence electrons. The van der Waals surface area contributed by atoms with Gasteiger partial charge in [-0.3, -0.25) is 4.79 Å². The Hall–Kier alpha value is -1.83. The highest BCUT2D eigenvalue weighted by Crippen LogP contribution is 2.03. The van der Waals surface area contributed by atoms with E-state index < -0.39 is 18.1 Å². The van der Waals surface area contributed by atoms with E-state index in [4.69, 9.17) is 10.2 Å². The number of nitrogens with one attached hydrogen (secondary N) is 1. The Morgan fingerprint density at radius 1 is 1.16 bits per heavy atom. The average molecular weight is 273 g/mol. The lowest BCUT2D eigenvalue weighted by Gasteiger charge is -2.22. The minimum atomic E-state index is -1.61. The average Bonchev–Trinajstić information content (AvgIpc) is 2.60. The zero-order valence-corrected chi connectivity index (χ0v) is 10.8. The van der Waals surface area contributed by atoms with Crippen LogP contribution in [0.5, 0.6) is 0 Å². The van der Waals surface area contributed by atoms with Crippen molar-refractivity contribution >= 4 is 17.9 Å². The molecular weight excluding hydrogens is 254 g/mol. The maximum Gasteiger partial charge on any atom is 0.334 e. The summed E-state index contributed by atoms with van der Waals surface area (Å²) < 4.78 is 0. The standard InChI is InChI=1S/C11H19N3O5/c1-8(15)13-3-2-4-14(6-5-13)11(19)12-7-9(16)10(17)18/h9,16H,2-7H2,1H3,(H,12,19)(H,17,18). The zero-order valence-electron chi connectivity index (χ0n) is 10.8. The minimum Gasteiger partial charge on any atom is -0.479 e. The van der Waals surface area contributed by atoms with Crippen molar-refractivity contribution in [2.75, 3.05) is 32.7 Å². The second-order valence-corrected chi connectivity index (χ2v) is 4.39. The van der Waals surface area contributed by atoms with Gasteiger partial charge in [-0.25, -0.2) is 9.59 Å². The molecule has 8 heteroatoms. The molecule has 0 spiro atoms. The van der Waals surface area contributed by atoms with Crippen LogP contribution in [0.25, 0.3) is 0 Å². The van der Waals surface area contributed by atoms with Crippen molar-refractivity contribution in [2.45, 2.75) is 19.4 Å². The molecule has 8 nitrogen and oxygen atoms in total. The number of nitrogens with zero attached hydrogens (tertiary/aromatic N) is 2. The predicted octanol–water partition coefficient (Wildman–Crippen LogP) is -1.30. The lowest BCUT2D eigenvalue weighted by Crippen LogP contribution is -2.45. The van der Waals surface area contributed by atoms with Gasteiger partial charge >= 0.3 is 12.0 Å². The van der Waals surface area contributed by atoms with Gasteiger partial charge < -0.3 is 25.3 Å². The van der Waals surface area contributed by atoms with Crippen molar-refractivity contribution in [3.8, 4) is 0 Å². The topological polar surface area (TPSA) is 110 Å². The van der Waals surface area contributed by atoms with Gasteiger partial charge in [0.1, 0.15) is 0 Å². The van der Waals surface area contributed by atoms with Gasteiger partial charge in [-0.15, -0.1) is 0 Å². The Balaban J connectivity index is 2.41. The van der Waals surface area contributed by atoms with Crippen molar-refractivity contribution in [2.24, 2.45) is 0 Å². The van der Waals surface area contributed by atoms with E-state index in [1.807, 2.05) is 0 Å². The van der Waals surface area contributed by atoms with Crippen LogP contribution >= 0.6 is 0 Å². The molecule has 1 atom stereocenters. The molecule has 1 saturated heterocycles. The van der Waals surface area contributed by atoms with Crippen molar-refractivity contribution in [3.63, 3.8) is 0 Å². The van der Waals surface area contributed by atoms with Crippen LogP contribution in [0.15, 0.2) is 0 Å². The van der Waals surface area contributed by atoms with Gasteiger partial charge in [0.25, 0.3) is 0 Å². The summed E-state index contributed by atoms with van der Waals surface area (Å²) >= 11 is 0. The van der Waals surface area contributed by atoms with E-state index in [1.54, 1.807) is 4.90 Å². The molecule has 0 bridgehead atoms. The first kappa shape index (κ1) is 15.2. The van der Waals surface area contributed by atoms with E-state index in [9.17, 15) is 14.4 Å². The van der Waals surface area contributed by atoms with E-state index in [-0.39, 0.29) is 12.5 Å². The van der Waals surface area contributed by atoms with E-state index in [0.29, 0.717) is 32.6 Å². The van der Waals surface area contributed by atoms with Crippen LogP contribution in [0.2, 0.25) is 0 Å². The summed E-state index contributed by atoms with van der Waals surface area (Å²) in [6, 6.07) is -0.425. The summed E-state index contributed by atoms with van der Waals surface area (Å²) in [5.74, 6) is -1.40. The zero-order chi connectivity index (χ0) is 14.4. The monoisotopic (exact) mass is 273 g/mol. The lowest BCUT2D eigenvalue weighted by molar-refractivity contribution is -0.146. The van der Waals surface area contributed by atoms with Gasteiger partial charge in [0.05, 0.1) is 6.54 Å². The third kappa shape index (κ3) is 4.74. The molecule has 19 heavy (non-hydrogen) atoms. The molecular formula is C11H19N3O5. The largest absolute Gasteiger partial charge is 0.479 e. The highest BCUT2D eigenvalue weighted by Gasteiger charge is 2.21. The predicted molar refractivity (Wildman–Crippen MR) is 65.5 cm³/mol. The first-order valence-electron chi connectivity index (χ1n) is 6.11. The van der Waals surface area contributed by atoms with E-state index >= 15 is 0 Å². The third-order valence-electron chi connectivity index (χ3n) is 2.96. The number of rotatable bonds is 3. The van der Waals surface area contributed by atoms with E-state index in [2.05, 4.69) is 5.32 Å². The number of carbonyl (C=O) groups is 3. The molecule has 3 amide bonds. The summed E-state index contributed by atoms with van der Waals surface area (Å²) in [7, 11) is 0. The molecule has 1 heterocycles. The number of carboxylic acid groups (broad SMARTS) is 1. The summed E-state index contributed by atoms with van der Waals surface area (Å²) in [4.78, 5) is 36.6. The Morgan fingerprint density at radius 3 is 2.32 bits per heavy atom. The first-order valence-corrected chi connectivity index (χ1v) is 6.11. The fourth-order valence-electron chi connectivity index (χ4n) is 1.82. The molecule has 1 unspecified atom stereocenters. The molecule has 0 aliphatic carbocycles. The van der Waals surface area contributed by atoms with Crippen LogP contribution < -0.4 is 5.32 Å². The lowest BCUT2D eigenvalue weighted by atomic mass is 10.3. The summed E-state index contributed by atoms with van der Waals surface area (Å²) in [5.41, 5.74) is 0. The van der Waals surface area contributed by atoms with Gasteiger partial charge in [-0.1, -0.05) is 0 Å². The van der Waals surface area contributed by atoms with Crippen molar-refractivity contribution < 1.29 is 24.6 Å². The van der Waals surface area contributed by atoms with Gasteiger partial charge in [-0.2, -0.15) is 0 Å². The number of urea groups is 1. The number of hydrogen-bond donors (Lipinski definition) is 3. The fourth-order valence-corrected chi connectivity index (χ4v) is 1.82. The fraction of sp³-hybridized carbons (Fsp3) is 0.727. The molecule has 0 aromatic heterocycles. The van der Waals surface area contributed by atoms with E-state index in [0.717, 1.165) is 0 Å². The second-order valence-electron chi connectivity index (χ2n) is 4.39. The van der Waals surface area contributed by atoms with Gasteiger partial charge in [0, 0.05) is 33.1 Å². The Labute approximate surface area is 111 Å². The molecule has 0 aromatic carbocycles. The highest BCUT2D eigenvalue weighted by atomic mass is 16.4. The SMILES string of the molecule is CC(=O)N1CCCN(C(=O)NCC(O)C(=O)O)CC1. The normalized spacial score (nSPS) is 17.6. The molecule has 0 aromatic rings. The molecule has 1 fully saturated rings. The minimum absolute atomic E-state index is 0.0245. The summed E-state index contributed by atoms with van der Waals surface area (Å²) in [6.45, 7) is 3.12. The number of aliphatic hydroxyl groups excluding tert-OH is 1. The van der Waals surface area contributed by atoms with Crippen LogP contribution in [0.1, 0.15) is 13.3 Å². The molecule has 1 rings (SSSR count). The van der Waals surface area contributed by atoms with Crippen LogP contribution in [0, 0.1) is 0 Å². The van der Waals surface area contributed by atoms with Crippen LogP contribution in [-0.4, -0.2) is 76.7 Å². The number of carboxylic acids is 1. The number of carbonyl (C=O) groups excluding carboxylic acids is 2. The number of hydrogen-bond acceptors (Lipinski definition) is 4. The maximum absolute atomic E-state index is 11.8. The van der Waals surface area contributed by atoms with Crippen molar-refractivity contribution in [1.29, 1.82) is 0 Å². The quantitative estimate of drug-likeness (QED) is 0.591. The van der Waals surface area contributed by atoms with Gasteiger partial charge in [0.15, 0.2) is 6.10 Å². The number of aliphatic hydroxyl groups is 1. The summed E-state index contributed by atoms with van der Waals surface area (Å²) in [6.07, 6.45) is -0.932. The van der Waals surface area contributed by atoms with Gasteiger partial charge in [0.2, 0.25) is 5.91 Å². The highest BCUT2D eigenvalue weighted by molar-refractivity contribution is 5.77. The smallest absolute Gasteiger partial charge is 0.334 e. The molecule has 1 aliphatic rings. The summed E-state index contributed by atoms with van der Waals surface area (Å²) in [5, 5.41) is 19.9. The second kappa shape index (κ2) is 6.93. The Kier molecular flexibility index (Phi) is 5.56. The van der Waals surface area contributed by atoms with E-state index in [1.165, 1.54) is 11.8 Å².